The summed E-state index contributed by atoms with van der Waals surface area (Å²) in [6, 6.07) is 13.5. The van der Waals surface area contributed by atoms with Gasteiger partial charge in [0.2, 0.25) is 0 Å². The maximum absolute atomic E-state index is 13.1. The van der Waals surface area contributed by atoms with Crippen molar-refractivity contribution in [1.29, 1.82) is 0 Å². The summed E-state index contributed by atoms with van der Waals surface area (Å²) in [5.41, 5.74) is 2.08. The van der Waals surface area contributed by atoms with Crippen molar-refractivity contribution in [2.24, 2.45) is 10.9 Å². The Morgan fingerprint density at radius 2 is 1.66 bits per heavy atom. The molecule has 0 N–H and O–H groups in total. The number of amides is 2. The summed E-state index contributed by atoms with van der Waals surface area (Å²) in [5, 5.41) is 0.369. The quantitative estimate of drug-likeness (QED) is 0.271. The number of ether oxygens (including phenoxy) is 3. The van der Waals surface area contributed by atoms with Gasteiger partial charge in [-0.3, -0.25) is 24.3 Å². The van der Waals surface area contributed by atoms with Crippen molar-refractivity contribution >= 4 is 41.1 Å². The monoisotopic (exact) mass is 538 g/mol. The molecule has 198 valence electrons. The van der Waals surface area contributed by atoms with Crippen molar-refractivity contribution in [2.45, 2.75) is 19.8 Å². The number of rotatable bonds is 9. The van der Waals surface area contributed by atoms with Crippen LogP contribution in [0.2, 0.25) is 5.02 Å². The van der Waals surface area contributed by atoms with Gasteiger partial charge >= 0.3 is 11.9 Å². The van der Waals surface area contributed by atoms with Crippen LogP contribution >= 0.6 is 11.6 Å². The summed E-state index contributed by atoms with van der Waals surface area (Å²) in [6.07, 6.45) is 0. The van der Waals surface area contributed by atoms with Crippen molar-refractivity contribution in [3.05, 3.63) is 81.5 Å². The lowest BCUT2D eigenvalue weighted by atomic mass is 9.75. The van der Waals surface area contributed by atoms with E-state index in [4.69, 9.17) is 25.8 Å². The van der Waals surface area contributed by atoms with Crippen LogP contribution in [0, 0.1) is 5.92 Å². The van der Waals surface area contributed by atoms with Gasteiger partial charge in [-0.15, -0.1) is 0 Å². The van der Waals surface area contributed by atoms with E-state index >= 15 is 0 Å². The average molecular weight is 539 g/mol. The molecule has 2 amide bonds. The van der Waals surface area contributed by atoms with Crippen molar-refractivity contribution in [2.75, 3.05) is 33.5 Å². The highest BCUT2D eigenvalue weighted by atomic mass is 35.5. The maximum atomic E-state index is 13.1. The Labute approximate surface area is 225 Å². The van der Waals surface area contributed by atoms with E-state index in [1.807, 2.05) is 0 Å². The minimum absolute atomic E-state index is 0.00997. The second kappa shape index (κ2) is 11.7. The van der Waals surface area contributed by atoms with Gasteiger partial charge in [-0.2, -0.15) is 0 Å². The third-order valence-corrected chi connectivity index (χ3v) is 6.82. The predicted molar refractivity (Wildman–Crippen MR) is 139 cm³/mol. The number of carbonyl (C=O) groups is 4. The fraction of sp³-hybridized carbons (Fsp3) is 0.321. The Hall–Kier alpha value is -3.82. The lowest BCUT2D eigenvalue weighted by Gasteiger charge is -2.32. The van der Waals surface area contributed by atoms with Gasteiger partial charge in [-0.05, 0) is 37.6 Å². The second-order valence-electron chi connectivity index (χ2n) is 8.69. The van der Waals surface area contributed by atoms with Crippen LogP contribution < -0.4 is 0 Å². The number of nitrogens with zero attached hydrogens (tertiary/aromatic N) is 2. The van der Waals surface area contributed by atoms with E-state index in [2.05, 4.69) is 4.99 Å². The Bertz CT molecular complexity index is 1320. The fourth-order valence-electron chi connectivity index (χ4n) is 4.76. The van der Waals surface area contributed by atoms with Crippen molar-refractivity contribution in [3.63, 3.8) is 0 Å². The summed E-state index contributed by atoms with van der Waals surface area (Å²) in [5.74, 6) is -3.70. The maximum Gasteiger partial charge on any atom is 0.336 e. The molecule has 0 bridgehead atoms. The number of imide groups is 1. The molecule has 4 rings (SSSR count). The lowest BCUT2D eigenvalue weighted by Crippen LogP contribution is -2.37. The van der Waals surface area contributed by atoms with Gasteiger partial charge < -0.3 is 14.2 Å². The molecular weight excluding hydrogens is 512 g/mol. The molecule has 0 aromatic heterocycles. The van der Waals surface area contributed by atoms with E-state index in [0.29, 0.717) is 27.4 Å². The smallest absolute Gasteiger partial charge is 0.336 e. The Kier molecular flexibility index (Phi) is 8.38. The number of esters is 2. The van der Waals surface area contributed by atoms with E-state index in [0.717, 1.165) is 4.90 Å². The first-order valence-corrected chi connectivity index (χ1v) is 12.5. The molecule has 2 aromatic carbocycles. The minimum Gasteiger partial charge on any atom is -0.466 e. The molecule has 10 heteroatoms. The van der Waals surface area contributed by atoms with Crippen molar-refractivity contribution in [3.8, 4) is 0 Å². The van der Waals surface area contributed by atoms with Gasteiger partial charge in [0.15, 0.2) is 0 Å². The number of hydrogen-bond donors (Lipinski definition) is 0. The van der Waals surface area contributed by atoms with Crippen LogP contribution in [0.5, 0.6) is 0 Å². The Morgan fingerprint density at radius 1 is 1.03 bits per heavy atom. The van der Waals surface area contributed by atoms with Gasteiger partial charge in [0.05, 0.1) is 55.9 Å². The molecule has 0 radical (unpaired) electrons. The highest BCUT2D eigenvalue weighted by Crippen LogP contribution is 2.42. The van der Waals surface area contributed by atoms with E-state index in [-0.39, 0.29) is 49.4 Å². The third kappa shape index (κ3) is 5.12. The highest BCUT2D eigenvalue weighted by molar-refractivity contribution is 6.31. The van der Waals surface area contributed by atoms with Crippen LogP contribution in [0.4, 0.5) is 0 Å². The molecule has 0 saturated heterocycles. The zero-order valence-electron chi connectivity index (χ0n) is 21.2. The van der Waals surface area contributed by atoms with Crippen molar-refractivity contribution < 1.29 is 33.4 Å². The number of aliphatic imine (C=N–C) groups is 1. The summed E-state index contributed by atoms with van der Waals surface area (Å²) in [4.78, 5) is 57.0. The molecule has 0 fully saturated rings. The van der Waals surface area contributed by atoms with Gasteiger partial charge in [-0.1, -0.05) is 41.9 Å². The summed E-state index contributed by atoms with van der Waals surface area (Å²) in [7, 11) is 1.24. The van der Waals surface area contributed by atoms with Gasteiger partial charge in [0.25, 0.3) is 11.8 Å². The number of fused-ring (bicyclic) bond motifs is 1. The first kappa shape index (κ1) is 27.2. The number of hydrogen-bond acceptors (Lipinski definition) is 8. The summed E-state index contributed by atoms with van der Waals surface area (Å²) in [6.45, 7) is 3.44. The van der Waals surface area contributed by atoms with E-state index in [9.17, 15) is 19.2 Å². The molecule has 2 aliphatic heterocycles. The molecule has 0 saturated carbocycles. The van der Waals surface area contributed by atoms with Crippen LogP contribution in [0.25, 0.3) is 0 Å². The predicted octanol–water partition coefficient (Wildman–Crippen LogP) is 3.82. The zero-order chi connectivity index (χ0) is 27.4. The molecule has 2 unspecified atom stereocenters. The molecule has 9 nitrogen and oxygen atoms in total. The largest absolute Gasteiger partial charge is 0.466 e. The van der Waals surface area contributed by atoms with Crippen LogP contribution in [0.1, 0.15) is 46.0 Å². The SMILES string of the molecule is CCOC(=O)C1C(C)=NC(COCCN2C(=O)c3ccccc3C2=O)=C(C(=O)OC)C1c1ccccc1Cl. The van der Waals surface area contributed by atoms with Crippen LogP contribution in [-0.2, 0) is 23.8 Å². The first-order valence-electron chi connectivity index (χ1n) is 12.1. The van der Waals surface area contributed by atoms with Crippen LogP contribution in [0.3, 0.4) is 0 Å². The number of methoxy groups -OCH3 is 1. The third-order valence-electron chi connectivity index (χ3n) is 6.48. The van der Waals surface area contributed by atoms with Gasteiger partial charge in [-0.25, -0.2) is 4.79 Å². The normalized spacial score (nSPS) is 18.8. The summed E-state index contributed by atoms with van der Waals surface area (Å²) < 4.78 is 16.2. The zero-order valence-corrected chi connectivity index (χ0v) is 22.0. The highest BCUT2D eigenvalue weighted by Gasteiger charge is 2.44. The first-order chi connectivity index (χ1) is 18.3. The molecule has 38 heavy (non-hydrogen) atoms. The molecule has 0 spiro atoms. The lowest BCUT2D eigenvalue weighted by molar-refractivity contribution is -0.146. The van der Waals surface area contributed by atoms with E-state index < -0.39 is 23.8 Å². The molecule has 2 heterocycles. The molecule has 0 aliphatic carbocycles. The second-order valence-corrected chi connectivity index (χ2v) is 9.10. The standard InChI is InChI=1S/C28H27ClN2O7/c1-4-38-28(35)22-16(2)30-21(24(27(34)36-3)23(22)19-11-7-8-12-20(19)29)15-37-14-13-31-25(32)17-9-5-6-10-18(17)26(31)33/h5-12,22-23H,4,13-15H2,1-3H3. The number of benzene rings is 2. The molecule has 2 aliphatic rings. The number of halogens is 1. The molecule has 2 aromatic rings. The summed E-state index contributed by atoms with van der Waals surface area (Å²) >= 11 is 6.51. The number of carbonyl (C=O) groups excluding carboxylic acids is 4. The van der Waals surface area contributed by atoms with Gasteiger partial charge in [0.1, 0.15) is 5.92 Å². The molecular formula is C28H27ClN2O7. The molecule has 2 atom stereocenters. The Balaban J connectivity index is 1.60. The fourth-order valence-corrected chi connectivity index (χ4v) is 5.02. The van der Waals surface area contributed by atoms with Crippen LogP contribution in [0.15, 0.2) is 64.8 Å². The van der Waals surface area contributed by atoms with Crippen molar-refractivity contribution in [1.82, 2.24) is 4.90 Å². The minimum atomic E-state index is -0.897. The topological polar surface area (TPSA) is 112 Å². The van der Waals surface area contributed by atoms with E-state index in [1.54, 1.807) is 62.4 Å². The average Bonchev–Trinajstić information content (AvgIpc) is 3.15. The Morgan fingerprint density at radius 3 is 2.26 bits per heavy atom. The van der Waals surface area contributed by atoms with E-state index in [1.165, 1.54) is 7.11 Å². The van der Waals surface area contributed by atoms with Gasteiger partial charge in [0, 0.05) is 16.7 Å². The van der Waals surface area contributed by atoms with Crippen LogP contribution in [-0.4, -0.2) is 67.8 Å².